The van der Waals surface area contributed by atoms with Crippen LogP contribution in [0.25, 0.3) is 0 Å². The Balaban J connectivity index is 1.73. The minimum atomic E-state index is -4.41. The zero-order valence-electron chi connectivity index (χ0n) is 15.2. The van der Waals surface area contributed by atoms with Crippen molar-refractivity contribution in [2.75, 3.05) is 9.80 Å². The number of aliphatic imine (C=N–C) groups is 1. The molecule has 10 heteroatoms. The second-order valence-electron chi connectivity index (χ2n) is 6.54. The summed E-state index contributed by atoms with van der Waals surface area (Å²) in [6.07, 6.45) is -5.10. The fourth-order valence-corrected chi connectivity index (χ4v) is 4.73. The SMILES string of the molecule is CC1=NC2=C(C(N)N1c1ccc(C(F)(F)F)cc1)N(c1ccccc1Cl)C(N)S2. The van der Waals surface area contributed by atoms with Crippen LogP contribution in [0.1, 0.15) is 12.5 Å². The van der Waals surface area contributed by atoms with E-state index >= 15 is 0 Å². The Morgan fingerprint density at radius 3 is 2.31 bits per heavy atom. The van der Waals surface area contributed by atoms with Crippen molar-refractivity contribution in [3.8, 4) is 0 Å². The Hall–Kier alpha value is -2.20. The third-order valence-corrected chi connectivity index (χ3v) is 6.02. The van der Waals surface area contributed by atoms with Crippen LogP contribution in [0.3, 0.4) is 0 Å². The van der Waals surface area contributed by atoms with Gasteiger partial charge in [0.2, 0.25) is 0 Å². The molecule has 0 saturated heterocycles. The monoisotopic (exact) mass is 439 g/mol. The Bertz CT molecular complexity index is 1010. The number of thioether (sulfide) groups is 1. The molecule has 29 heavy (non-hydrogen) atoms. The van der Waals surface area contributed by atoms with Crippen molar-refractivity contribution in [1.82, 2.24) is 0 Å². The van der Waals surface area contributed by atoms with E-state index in [2.05, 4.69) is 4.99 Å². The zero-order valence-corrected chi connectivity index (χ0v) is 16.8. The summed E-state index contributed by atoms with van der Waals surface area (Å²) in [5, 5.41) is 1.18. The fourth-order valence-electron chi connectivity index (χ4n) is 3.42. The predicted octanol–water partition coefficient (Wildman–Crippen LogP) is 4.55. The lowest BCUT2D eigenvalue weighted by atomic mass is 10.1. The molecule has 2 aromatic rings. The van der Waals surface area contributed by atoms with Gasteiger partial charge in [-0.2, -0.15) is 13.2 Å². The number of nitrogens with two attached hydrogens (primary N) is 2. The third kappa shape index (κ3) is 3.48. The van der Waals surface area contributed by atoms with E-state index in [9.17, 15) is 13.2 Å². The lowest BCUT2D eigenvalue weighted by Gasteiger charge is -2.38. The summed E-state index contributed by atoms with van der Waals surface area (Å²) < 4.78 is 38.7. The standard InChI is InChI=1S/C19H17ClF3N5S/c1-10-26-17-15(28(18(25)29-17)14-5-3-2-4-13(14)20)16(24)27(10)12-8-6-11(7-9-12)19(21,22)23/h2-9,16,18H,24-25H2,1H3. The van der Waals surface area contributed by atoms with Gasteiger partial charge in [-0.05, 0) is 43.3 Å². The maximum Gasteiger partial charge on any atom is 0.416 e. The molecule has 2 atom stereocenters. The van der Waals surface area contributed by atoms with Gasteiger partial charge >= 0.3 is 6.18 Å². The van der Waals surface area contributed by atoms with Gasteiger partial charge in [0.1, 0.15) is 22.5 Å². The highest BCUT2D eigenvalue weighted by atomic mass is 35.5. The molecule has 4 rings (SSSR count). The highest BCUT2D eigenvalue weighted by Crippen LogP contribution is 2.45. The molecule has 152 valence electrons. The molecule has 2 aliphatic heterocycles. The van der Waals surface area contributed by atoms with Crippen molar-refractivity contribution in [1.29, 1.82) is 0 Å². The van der Waals surface area contributed by atoms with Crippen LogP contribution in [-0.2, 0) is 6.18 Å². The van der Waals surface area contributed by atoms with Gasteiger partial charge in [-0.3, -0.25) is 0 Å². The molecule has 0 saturated carbocycles. The van der Waals surface area contributed by atoms with Crippen molar-refractivity contribution in [3.05, 3.63) is 69.8 Å². The van der Waals surface area contributed by atoms with E-state index in [1.165, 1.54) is 23.9 Å². The first kappa shape index (κ1) is 20.1. The molecule has 2 aliphatic rings. The van der Waals surface area contributed by atoms with Crippen LogP contribution in [0.15, 0.2) is 64.2 Å². The molecular formula is C19H17ClF3N5S. The lowest BCUT2D eigenvalue weighted by Crippen LogP contribution is -2.53. The van der Waals surface area contributed by atoms with Crippen LogP contribution in [0.4, 0.5) is 24.5 Å². The molecule has 5 nitrogen and oxygen atoms in total. The highest BCUT2D eigenvalue weighted by Gasteiger charge is 2.41. The molecular weight excluding hydrogens is 423 g/mol. The van der Waals surface area contributed by atoms with E-state index in [1.807, 2.05) is 23.1 Å². The fraction of sp³-hybridized carbons (Fsp3) is 0.211. The number of nitrogens with zero attached hydrogens (tertiary/aromatic N) is 3. The summed E-state index contributed by atoms with van der Waals surface area (Å²) in [4.78, 5) is 8.10. The largest absolute Gasteiger partial charge is 0.416 e. The van der Waals surface area contributed by atoms with Crippen LogP contribution in [0.5, 0.6) is 0 Å². The van der Waals surface area contributed by atoms with Gasteiger partial charge in [0, 0.05) is 5.69 Å². The van der Waals surface area contributed by atoms with Gasteiger partial charge < -0.3 is 21.3 Å². The number of anilines is 2. The summed E-state index contributed by atoms with van der Waals surface area (Å²) in [5.41, 5.74) is 13.5. The van der Waals surface area contributed by atoms with Gasteiger partial charge in [0.05, 0.1) is 22.0 Å². The first-order valence-electron chi connectivity index (χ1n) is 8.66. The molecule has 0 fully saturated rings. The van der Waals surface area contributed by atoms with E-state index in [0.717, 1.165) is 12.1 Å². The van der Waals surface area contributed by atoms with Crippen molar-refractivity contribution in [2.24, 2.45) is 16.5 Å². The Morgan fingerprint density at radius 2 is 1.69 bits per heavy atom. The van der Waals surface area contributed by atoms with Gasteiger partial charge in [0.15, 0.2) is 0 Å². The van der Waals surface area contributed by atoms with Crippen molar-refractivity contribution >= 4 is 40.6 Å². The molecule has 0 bridgehead atoms. The molecule has 0 spiro atoms. The van der Waals surface area contributed by atoms with Crippen LogP contribution >= 0.6 is 23.4 Å². The van der Waals surface area contributed by atoms with E-state index < -0.39 is 23.4 Å². The third-order valence-electron chi connectivity index (χ3n) is 4.72. The number of benzene rings is 2. The number of halogens is 4. The molecule has 0 radical (unpaired) electrons. The second kappa shape index (κ2) is 7.24. The topological polar surface area (TPSA) is 70.9 Å². The summed E-state index contributed by atoms with van der Waals surface area (Å²) >= 11 is 7.72. The average Bonchev–Trinajstić information content (AvgIpc) is 2.97. The first-order chi connectivity index (χ1) is 13.7. The highest BCUT2D eigenvalue weighted by molar-refractivity contribution is 8.04. The number of para-hydroxylation sites is 1. The summed E-state index contributed by atoms with van der Waals surface area (Å²) in [6, 6.07) is 12.1. The number of rotatable bonds is 2. The van der Waals surface area contributed by atoms with Gasteiger partial charge in [-0.15, -0.1) is 0 Å². The van der Waals surface area contributed by atoms with Crippen LogP contribution < -0.4 is 21.3 Å². The van der Waals surface area contributed by atoms with Gasteiger partial charge in [-0.25, -0.2) is 4.99 Å². The molecule has 0 aromatic heterocycles. The summed E-state index contributed by atoms with van der Waals surface area (Å²) in [5.74, 6) is 0.566. The van der Waals surface area contributed by atoms with Crippen LogP contribution in [0, 0.1) is 0 Å². The molecule has 0 amide bonds. The molecule has 2 unspecified atom stereocenters. The van der Waals surface area contributed by atoms with E-state index in [-0.39, 0.29) is 0 Å². The normalized spacial score (nSPS) is 22.1. The van der Waals surface area contributed by atoms with Crippen LogP contribution in [-0.4, -0.2) is 17.5 Å². The molecule has 4 N–H and O–H groups in total. The maximum absolute atomic E-state index is 12.9. The Morgan fingerprint density at radius 1 is 1.03 bits per heavy atom. The summed E-state index contributed by atoms with van der Waals surface area (Å²) in [7, 11) is 0. The van der Waals surface area contributed by atoms with Crippen LogP contribution in [0.2, 0.25) is 5.02 Å². The zero-order chi connectivity index (χ0) is 20.9. The Kier molecular flexibility index (Phi) is 5.02. The maximum atomic E-state index is 12.9. The van der Waals surface area contributed by atoms with E-state index in [1.54, 1.807) is 17.9 Å². The van der Waals surface area contributed by atoms with E-state index in [4.69, 9.17) is 23.1 Å². The predicted molar refractivity (Wildman–Crippen MR) is 112 cm³/mol. The molecule has 2 heterocycles. The minimum absolute atomic E-state index is 0.477. The number of alkyl halides is 3. The van der Waals surface area contributed by atoms with Gasteiger partial charge in [-0.1, -0.05) is 35.5 Å². The van der Waals surface area contributed by atoms with Crippen molar-refractivity contribution in [2.45, 2.75) is 24.8 Å². The van der Waals surface area contributed by atoms with Gasteiger partial charge in [0.25, 0.3) is 0 Å². The number of hydrogen-bond acceptors (Lipinski definition) is 6. The Labute approximate surface area is 174 Å². The number of hydrogen-bond donors (Lipinski definition) is 2. The van der Waals surface area contributed by atoms with E-state index in [0.29, 0.717) is 33.0 Å². The quantitative estimate of drug-likeness (QED) is 0.718. The van der Waals surface area contributed by atoms with Crippen molar-refractivity contribution < 1.29 is 13.2 Å². The molecule has 0 aliphatic carbocycles. The second-order valence-corrected chi connectivity index (χ2v) is 8.05. The first-order valence-corrected chi connectivity index (χ1v) is 9.92. The summed E-state index contributed by atoms with van der Waals surface area (Å²) in [6.45, 7) is 1.76. The number of amidine groups is 1. The average molecular weight is 440 g/mol. The molecule has 2 aromatic carbocycles. The minimum Gasteiger partial charge on any atom is -0.313 e. The smallest absolute Gasteiger partial charge is 0.313 e. The lowest BCUT2D eigenvalue weighted by molar-refractivity contribution is -0.137. The van der Waals surface area contributed by atoms with Crippen molar-refractivity contribution in [3.63, 3.8) is 0 Å².